The molecule has 6 heteroatoms. The molecule has 2 aromatic carbocycles. The third kappa shape index (κ3) is 5.41. The van der Waals surface area contributed by atoms with Gasteiger partial charge in [0.05, 0.1) is 14.2 Å². The molecule has 0 fully saturated rings. The molecule has 0 spiro atoms. The van der Waals surface area contributed by atoms with Gasteiger partial charge in [0.1, 0.15) is 0 Å². The van der Waals surface area contributed by atoms with Gasteiger partial charge in [-0.1, -0.05) is 28.1 Å². The lowest BCUT2D eigenvalue weighted by atomic mass is 10.1. The van der Waals surface area contributed by atoms with Crippen LogP contribution in [0.3, 0.4) is 0 Å². The molecule has 1 N–H and O–H groups in total. The van der Waals surface area contributed by atoms with Crippen molar-refractivity contribution in [3.05, 3.63) is 57.6 Å². The molecule has 0 unspecified atom stereocenters. The number of nitrogens with one attached hydrogen (secondary N) is 1. The number of carbonyl (C=O) groups excluding carboxylic acids is 1. The number of hydrogen-bond acceptors (Lipinski definition) is 4. The van der Waals surface area contributed by atoms with Gasteiger partial charge in [-0.25, -0.2) is 0 Å². The van der Waals surface area contributed by atoms with Crippen LogP contribution < -0.4 is 14.8 Å². The van der Waals surface area contributed by atoms with Gasteiger partial charge in [-0.2, -0.15) is 11.8 Å². The second-order valence-corrected chi connectivity index (χ2v) is 7.16. The predicted molar refractivity (Wildman–Crippen MR) is 107 cm³/mol. The first-order chi connectivity index (χ1) is 12.1. The molecule has 0 aliphatic rings. The van der Waals surface area contributed by atoms with Crippen molar-refractivity contribution in [2.75, 3.05) is 27.0 Å². The molecule has 0 radical (unpaired) electrons. The van der Waals surface area contributed by atoms with Crippen LogP contribution in [0.25, 0.3) is 0 Å². The molecule has 0 aliphatic heterocycles. The van der Waals surface area contributed by atoms with E-state index < -0.39 is 0 Å². The van der Waals surface area contributed by atoms with Gasteiger partial charge in [0.25, 0.3) is 5.91 Å². The van der Waals surface area contributed by atoms with Crippen LogP contribution in [0.1, 0.15) is 21.5 Å². The van der Waals surface area contributed by atoms with Gasteiger partial charge in [-0.15, -0.1) is 0 Å². The minimum atomic E-state index is -0.0560. The van der Waals surface area contributed by atoms with Crippen molar-refractivity contribution in [2.45, 2.75) is 12.2 Å². The maximum absolute atomic E-state index is 12.3. The maximum atomic E-state index is 12.3. The summed E-state index contributed by atoms with van der Waals surface area (Å²) in [6, 6.07) is 11.5. The van der Waals surface area contributed by atoms with E-state index in [0.717, 1.165) is 21.4 Å². The van der Waals surface area contributed by atoms with E-state index in [9.17, 15) is 4.79 Å². The average Bonchev–Trinajstić information content (AvgIpc) is 2.63. The van der Waals surface area contributed by atoms with Crippen molar-refractivity contribution >= 4 is 33.6 Å². The first-order valence-corrected chi connectivity index (χ1v) is 10.0. The monoisotopic (exact) mass is 423 g/mol. The van der Waals surface area contributed by atoms with E-state index in [1.165, 1.54) is 0 Å². The Morgan fingerprint density at radius 1 is 1.16 bits per heavy atom. The number of halogens is 1. The minimum Gasteiger partial charge on any atom is -0.493 e. The number of methoxy groups -OCH3 is 2. The van der Waals surface area contributed by atoms with Crippen LogP contribution in [0.15, 0.2) is 40.9 Å². The maximum Gasteiger partial charge on any atom is 0.251 e. The molecule has 134 valence electrons. The van der Waals surface area contributed by atoms with Gasteiger partial charge in [0, 0.05) is 22.3 Å². The van der Waals surface area contributed by atoms with E-state index in [1.807, 2.05) is 42.7 Å². The number of ether oxygens (including phenoxy) is 2. The van der Waals surface area contributed by atoms with Gasteiger partial charge < -0.3 is 14.8 Å². The highest BCUT2D eigenvalue weighted by atomic mass is 79.9. The number of thioether (sulfide) groups is 1. The molecule has 0 saturated carbocycles. The SMILES string of the molecule is COc1cc(Br)c(CCNC(=O)c2cccc(CSC)c2)cc1OC. The third-order valence-electron chi connectivity index (χ3n) is 3.73. The Morgan fingerprint density at radius 2 is 1.88 bits per heavy atom. The summed E-state index contributed by atoms with van der Waals surface area (Å²) >= 11 is 5.28. The lowest BCUT2D eigenvalue weighted by Gasteiger charge is -2.12. The highest BCUT2D eigenvalue weighted by molar-refractivity contribution is 9.10. The number of benzene rings is 2. The Bertz CT molecular complexity index is 737. The van der Waals surface area contributed by atoms with Crippen molar-refractivity contribution in [3.63, 3.8) is 0 Å². The van der Waals surface area contributed by atoms with Crippen molar-refractivity contribution in [2.24, 2.45) is 0 Å². The van der Waals surface area contributed by atoms with Gasteiger partial charge in [-0.3, -0.25) is 4.79 Å². The number of amides is 1. The average molecular weight is 424 g/mol. The van der Waals surface area contributed by atoms with Crippen LogP contribution in [0, 0.1) is 0 Å². The van der Waals surface area contributed by atoms with E-state index in [4.69, 9.17) is 9.47 Å². The molecule has 4 nitrogen and oxygen atoms in total. The zero-order valence-electron chi connectivity index (χ0n) is 14.6. The third-order valence-corrected chi connectivity index (χ3v) is 5.09. The standard InChI is InChI=1S/C19H22BrNO3S/c1-23-17-10-14(16(20)11-18(17)24-2)7-8-21-19(22)15-6-4-5-13(9-15)12-25-3/h4-6,9-11H,7-8,12H2,1-3H3,(H,21,22). The predicted octanol–water partition coefficient (Wildman–Crippen LogP) is 4.30. The fraction of sp³-hybridized carbons (Fsp3) is 0.316. The lowest BCUT2D eigenvalue weighted by Crippen LogP contribution is -2.25. The second kappa shape index (κ2) is 9.73. The molecule has 0 bridgehead atoms. The van der Waals surface area contributed by atoms with E-state index in [1.54, 1.807) is 26.0 Å². The smallest absolute Gasteiger partial charge is 0.251 e. The first-order valence-electron chi connectivity index (χ1n) is 7.85. The number of carbonyl (C=O) groups is 1. The van der Waals surface area contributed by atoms with Crippen molar-refractivity contribution in [1.29, 1.82) is 0 Å². The fourth-order valence-corrected chi connectivity index (χ4v) is 3.50. The molecule has 1 amide bonds. The highest BCUT2D eigenvalue weighted by Gasteiger charge is 2.11. The highest BCUT2D eigenvalue weighted by Crippen LogP contribution is 2.33. The summed E-state index contributed by atoms with van der Waals surface area (Å²) in [5, 5.41) is 2.97. The molecule has 0 aromatic heterocycles. The Hall–Kier alpha value is -1.66. The van der Waals surface area contributed by atoms with Gasteiger partial charge in [0.2, 0.25) is 0 Å². The Labute approximate surface area is 161 Å². The van der Waals surface area contributed by atoms with E-state index >= 15 is 0 Å². The fourth-order valence-electron chi connectivity index (χ4n) is 2.47. The zero-order valence-corrected chi connectivity index (χ0v) is 17.0. The zero-order chi connectivity index (χ0) is 18.2. The second-order valence-electron chi connectivity index (χ2n) is 5.44. The molecule has 0 saturated heterocycles. The van der Waals surface area contributed by atoms with Gasteiger partial charge in [0.15, 0.2) is 11.5 Å². The first kappa shape index (κ1) is 19.7. The Balaban J connectivity index is 1.98. The van der Waals surface area contributed by atoms with Crippen molar-refractivity contribution < 1.29 is 14.3 Å². The molecule has 0 heterocycles. The molecular formula is C19H22BrNO3S. The van der Waals surface area contributed by atoms with Gasteiger partial charge >= 0.3 is 0 Å². The lowest BCUT2D eigenvalue weighted by molar-refractivity contribution is 0.0954. The summed E-state index contributed by atoms with van der Waals surface area (Å²) in [7, 11) is 3.22. The van der Waals surface area contributed by atoms with Crippen LogP contribution in [-0.4, -0.2) is 32.9 Å². The van der Waals surface area contributed by atoms with Crippen LogP contribution in [0.4, 0.5) is 0 Å². The molecular weight excluding hydrogens is 402 g/mol. The largest absolute Gasteiger partial charge is 0.493 e. The summed E-state index contributed by atoms with van der Waals surface area (Å²) in [6.07, 6.45) is 2.74. The quantitative estimate of drug-likeness (QED) is 0.687. The molecule has 2 aromatic rings. The molecule has 0 aliphatic carbocycles. The Morgan fingerprint density at radius 3 is 2.56 bits per heavy atom. The van der Waals surface area contributed by atoms with Crippen LogP contribution in [-0.2, 0) is 12.2 Å². The summed E-state index contributed by atoms with van der Waals surface area (Å²) in [6.45, 7) is 0.541. The van der Waals surface area contributed by atoms with Crippen LogP contribution >= 0.6 is 27.7 Å². The van der Waals surface area contributed by atoms with Crippen LogP contribution in [0.2, 0.25) is 0 Å². The summed E-state index contributed by atoms with van der Waals surface area (Å²) in [4.78, 5) is 12.3. The summed E-state index contributed by atoms with van der Waals surface area (Å²) < 4.78 is 11.5. The van der Waals surface area contributed by atoms with Crippen LogP contribution in [0.5, 0.6) is 11.5 Å². The normalized spacial score (nSPS) is 10.4. The van der Waals surface area contributed by atoms with E-state index in [-0.39, 0.29) is 5.91 Å². The number of hydrogen-bond donors (Lipinski definition) is 1. The number of rotatable bonds is 8. The topological polar surface area (TPSA) is 47.6 Å². The minimum absolute atomic E-state index is 0.0560. The summed E-state index contributed by atoms with van der Waals surface area (Å²) in [5.74, 6) is 2.20. The summed E-state index contributed by atoms with van der Waals surface area (Å²) in [5.41, 5.74) is 2.90. The van der Waals surface area contributed by atoms with Crippen molar-refractivity contribution in [1.82, 2.24) is 5.32 Å². The van der Waals surface area contributed by atoms with E-state index in [2.05, 4.69) is 21.2 Å². The molecule has 25 heavy (non-hydrogen) atoms. The van der Waals surface area contributed by atoms with E-state index in [0.29, 0.717) is 30.0 Å². The van der Waals surface area contributed by atoms with Crippen molar-refractivity contribution in [3.8, 4) is 11.5 Å². The Kier molecular flexibility index (Phi) is 7.65. The molecule has 0 atom stereocenters. The molecule has 2 rings (SSSR count). The van der Waals surface area contributed by atoms with Gasteiger partial charge in [-0.05, 0) is 48.1 Å².